The smallest absolute Gasteiger partial charge is 0.249 e. The number of nitrogens with zero attached hydrogens (tertiary/aromatic N) is 6. The standard InChI is InChI=1S/C15H16N6O/c1-11-7-13-9-20(5-6-21(13)19-11)10-14-17-18-15(22-14)12-3-2-4-16-8-12/h2-4,7-8H,5-6,9-10H2,1H3. The molecule has 112 valence electrons. The van der Waals surface area contributed by atoms with E-state index in [2.05, 4.69) is 35.9 Å². The minimum atomic E-state index is 0.515. The largest absolute Gasteiger partial charge is 0.419 e. The Labute approximate surface area is 127 Å². The van der Waals surface area contributed by atoms with Gasteiger partial charge in [0.25, 0.3) is 0 Å². The van der Waals surface area contributed by atoms with Crippen LogP contribution in [0.15, 0.2) is 35.0 Å². The number of aryl methyl sites for hydroxylation is 1. The zero-order chi connectivity index (χ0) is 14.9. The Morgan fingerprint density at radius 2 is 2.23 bits per heavy atom. The molecule has 0 radical (unpaired) electrons. The van der Waals surface area contributed by atoms with Crippen LogP contribution in [-0.2, 0) is 19.6 Å². The van der Waals surface area contributed by atoms with E-state index >= 15 is 0 Å². The fourth-order valence-electron chi connectivity index (χ4n) is 2.71. The maximum atomic E-state index is 5.74. The van der Waals surface area contributed by atoms with Gasteiger partial charge in [0.05, 0.1) is 30.0 Å². The normalized spacial score (nSPS) is 15.0. The number of aromatic nitrogens is 5. The highest BCUT2D eigenvalue weighted by molar-refractivity contribution is 5.49. The van der Waals surface area contributed by atoms with Crippen LogP contribution in [0.5, 0.6) is 0 Å². The third kappa shape index (κ3) is 2.50. The molecule has 0 unspecified atom stereocenters. The summed E-state index contributed by atoms with van der Waals surface area (Å²) >= 11 is 0. The molecule has 0 amide bonds. The Morgan fingerprint density at radius 3 is 3.09 bits per heavy atom. The summed E-state index contributed by atoms with van der Waals surface area (Å²) in [6, 6.07) is 5.89. The van der Waals surface area contributed by atoms with E-state index in [-0.39, 0.29) is 0 Å². The molecule has 0 spiro atoms. The Hall–Kier alpha value is -2.54. The van der Waals surface area contributed by atoms with Gasteiger partial charge in [-0.25, -0.2) is 0 Å². The fourth-order valence-corrected chi connectivity index (χ4v) is 2.71. The maximum absolute atomic E-state index is 5.74. The third-order valence-electron chi connectivity index (χ3n) is 3.73. The molecule has 3 aromatic rings. The minimum absolute atomic E-state index is 0.515. The lowest BCUT2D eigenvalue weighted by Crippen LogP contribution is -2.33. The van der Waals surface area contributed by atoms with Crippen LogP contribution in [0.1, 0.15) is 17.3 Å². The number of hydrogen-bond acceptors (Lipinski definition) is 6. The molecule has 1 aliphatic rings. The summed E-state index contributed by atoms with van der Waals surface area (Å²) in [7, 11) is 0. The van der Waals surface area contributed by atoms with Gasteiger partial charge in [-0.1, -0.05) is 0 Å². The summed E-state index contributed by atoms with van der Waals surface area (Å²) in [5, 5.41) is 12.7. The average molecular weight is 296 g/mol. The first-order valence-electron chi connectivity index (χ1n) is 7.26. The highest BCUT2D eigenvalue weighted by Gasteiger charge is 2.20. The zero-order valence-electron chi connectivity index (χ0n) is 12.3. The SMILES string of the molecule is Cc1cc2n(n1)CCN(Cc1nnc(-c3cccnc3)o1)C2. The van der Waals surface area contributed by atoms with E-state index in [0.717, 1.165) is 30.9 Å². The van der Waals surface area contributed by atoms with Crippen LogP contribution in [0.2, 0.25) is 0 Å². The highest BCUT2D eigenvalue weighted by Crippen LogP contribution is 2.19. The van der Waals surface area contributed by atoms with Crippen LogP contribution in [0, 0.1) is 6.92 Å². The molecule has 4 heterocycles. The van der Waals surface area contributed by atoms with E-state index in [1.807, 2.05) is 19.1 Å². The molecular formula is C15H16N6O. The van der Waals surface area contributed by atoms with Gasteiger partial charge in [0.1, 0.15) is 0 Å². The number of rotatable bonds is 3. The van der Waals surface area contributed by atoms with E-state index in [0.29, 0.717) is 18.3 Å². The van der Waals surface area contributed by atoms with E-state index in [1.165, 1.54) is 5.69 Å². The minimum Gasteiger partial charge on any atom is -0.419 e. The van der Waals surface area contributed by atoms with Gasteiger partial charge >= 0.3 is 0 Å². The summed E-state index contributed by atoms with van der Waals surface area (Å²) in [4.78, 5) is 6.35. The molecular weight excluding hydrogens is 280 g/mol. The molecule has 0 saturated carbocycles. The van der Waals surface area contributed by atoms with E-state index in [1.54, 1.807) is 12.4 Å². The first kappa shape index (κ1) is 13.1. The van der Waals surface area contributed by atoms with Crippen molar-refractivity contribution in [2.45, 2.75) is 26.6 Å². The second kappa shape index (κ2) is 5.34. The van der Waals surface area contributed by atoms with Gasteiger partial charge in [0, 0.05) is 25.5 Å². The van der Waals surface area contributed by atoms with Crippen molar-refractivity contribution >= 4 is 0 Å². The third-order valence-corrected chi connectivity index (χ3v) is 3.73. The van der Waals surface area contributed by atoms with Crippen molar-refractivity contribution < 1.29 is 4.42 Å². The van der Waals surface area contributed by atoms with Crippen LogP contribution in [0.3, 0.4) is 0 Å². The first-order valence-corrected chi connectivity index (χ1v) is 7.26. The molecule has 0 N–H and O–H groups in total. The number of fused-ring (bicyclic) bond motifs is 1. The van der Waals surface area contributed by atoms with Gasteiger partial charge in [0.15, 0.2) is 0 Å². The second-order valence-electron chi connectivity index (χ2n) is 5.45. The molecule has 7 nitrogen and oxygen atoms in total. The van der Waals surface area contributed by atoms with Gasteiger partial charge in [-0.15, -0.1) is 10.2 Å². The monoisotopic (exact) mass is 296 g/mol. The fraction of sp³-hybridized carbons (Fsp3) is 0.333. The quantitative estimate of drug-likeness (QED) is 0.732. The molecule has 4 rings (SSSR count). The Kier molecular flexibility index (Phi) is 3.19. The van der Waals surface area contributed by atoms with Crippen molar-refractivity contribution in [2.24, 2.45) is 0 Å². The molecule has 3 aromatic heterocycles. The van der Waals surface area contributed by atoms with Crippen LogP contribution in [-0.4, -0.2) is 36.4 Å². The molecule has 0 aromatic carbocycles. The maximum Gasteiger partial charge on any atom is 0.249 e. The second-order valence-corrected chi connectivity index (χ2v) is 5.45. The topological polar surface area (TPSA) is 72.9 Å². The van der Waals surface area contributed by atoms with E-state index in [9.17, 15) is 0 Å². The molecule has 0 aliphatic carbocycles. The molecule has 0 atom stereocenters. The summed E-state index contributed by atoms with van der Waals surface area (Å²) < 4.78 is 7.81. The van der Waals surface area contributed by atoms with Gasteiger partial charge in [-0.3, -0.25) is 14.6 Å². The molecule has 0 bridgehead atoms. The Balaban J connectivity index is 1.47. The van der Waals surface area contributed by atoms with E-state index in [4.69, 9.17) is 4.42 Å². The Bertz CT molecular complexity index is 778. The Morgan fingerprint density at radius 1 is 1.27 bits per heavy atom. The molecule has 0 fully saturated rings. The average Bonchev–Trinajstić information content (AvgIpc) is 3.13. The van der Waals surface area contributed by atoms with E-state index < -0.39 is 0 Å². The summed E-state index contributed by atoms with van der Waals surface area (Å²) in [6.07, 6.45) is 3.44. The molecule has 0 saturated heterocycles. The summed E-state index contributed by atoms with van der Waals surface area (Å²) in [5.74, 6) is 1.14. The van der Waals surface area contributed by atoms with Gasteiger partial charge in [-0.2, -0.15) is 5.10 Å². The lowest BCUT2D eigenvalue weighted by Gasteiger charge is -2.25. The highest BCUT2D eigenvalue weighted by atomic mass is 16.4. The van der Waals surface area contributed by atoms with Crippen molar-refractivity contribution in [3.63, 3.8) is 0 Å². The summed E-state index contributed by atoms with van der Waals surface area (Å²) in [6.45, 7) is 5.35. The molecule has 22 heavy (non-hydrogen) atoms. The van der Waals surface area contributed by atoms with Crippen molar-refractivity contribution in [3.05, 3.63) is 47.9 Å². The van der Waals surface area contributed by atoms with Crippen LogP contribution in [0.4, 0.5) is 0 Å². The van der Waals surface area contributed by atoms with Crippen molar-refractivity contribution in [1.82, 2.24) is 29.9 Å². The predicted octanol–water partition coefficient (Wildman–Crippen LogP) is 1.65. The van der Waals surface area contributed by atoms with Crippen LogP contribution in [0.25, 0.3) is 11.5 Å². The lowest BCUT2D eigenvalue weighted by molar-refractivity contribution is 0.188. The van der Waals surface area contributed by atoms with Crippen LogP contribution < -0.4 is 0 Å². The molecule has 1 aliphatic heterocycles. The van der Waals surface area contributed by atoms with Crippen molar-refractivity contribution in [3.8, 4) is 11.5 Å². The predicted molar refractivity (Wildman–Crippen MR) is 78.6 cm³/mol. The lowest BCUT2D eigenvalue weighted by atomic mass is 10.3. The summed E-state index contributed by atoms with van der Waals surface area (Å²) in [5.41, 5.74) is 3.14. The van der Waals surface area contributed by atoms with Gasteiger partial charge in [-0.05, 0) is 25.1 Å². The number of hydrogen-bond donors (Lipinski definition) is 0. The van der Waals surface area contributed by atoms with Crippen LogP contribution >= 0.6 is 0 Å². The number of pyridine rings is 1. The van der Waals surface area contributed by atoms with Crippen molar-refractivity contribution in [2.75, 3.05) is 6.54 Å². The molecule has 7 heteroatoms. The zero-order valence-corrected chi connectivity index (χ0v) is 12.3. The van der Waals surface area contributed by atoms with Gasteiger partial charge < -0.3 is 4.42 Å². The van der Waals surface area contributed by atoms with Gasteiger partial charge in [0.2, 0.25) is 11.8 Å². The first-order chi connectivity index (χ1) is 10.8. The van der Waals surface area contributed by atoms with Crippen molar-refractivity contribution in [1.29, 1.82) is 0 Å².